The molecule has 0 saturated carbocycles. The standard InChI is InChI=1S/C18H15FN2O4/c1-24-16-8-7-13(11-15(16)19)18(23)25-12-17(22)21(10-9-20)14-5-3-2-4-6-14/h2-8,11H,10,12H2,1H3. The third-order valence-electron chi connectivity index (χ3n) is 3.31. The van der Waals surface area contributed by atoms with E-state index < -0.39 is 24.3 Å². The highest BCUT2D eigenvalue weighted by atomic mass is 19.1. The van der Waals surface area contributed by atoms with Crippen LogP contribution in [0.25, 0.3) is 0 Å². The molecule has 1 amide bonds. The lowest BCUT2D eigenvalue weighted by atomic mass is 10.2. The summed E-state index contributed by atoms with van der Waals surface area (Å²) >= 11 is 0. The van der Waals surface area contributed by atoms with Gasteiger partial charge in [-0.3, -0.25) is 9.69 Å². The number of amides is 1. The molecule has 0 heterocycles. The number of ether oxygens (including phenoxy) is 2. The van der Waals surface area contributed by atoms with Crippen LogP contribution in [0.15, 0.2) is 48.5 Å². The van der Waals surface area contributed by atoms with Crippen molar-refractivity contribution in [1.82, 2.24) is 0 Å². The summed E-state index contributed by atoms with van der Waals surface area (Å²) in [5.74, 6) is -2.12. The third kappa shape index (κ3) is 4.54. The van der Waals surface area contributed by atoms with Gasteiger partial charge in [0, 0.05) is 5.69 Å². The highest BCUT2D eigenvalue weighted by Gasteiger charge is 2.18. The molecule has 0 fully saturated rings. The molecule has 2 rings (SSSR count). The summed E-state index contributed by atoms with van der Waals surface area (Å²) in [4.78, 5) is 25.4. The molecular formula is C18H15FN2O4. The molecule has 0 radical (unpaired) electrons. The van der Waals surface area contributed by atoms with Crippen LogP contribution >= 0.6 is 0 Å². The van der Waals surface area contributed by atoms with Crippen molar-refractivity contribution in [2.75, 3.05) is 25.2 Å². The number of para-hydroxylation sites is 1. The van der Waals surface area contributed by atoms with E-state index in [1.54, 1.807) is 30.3 Å². The van der Waals surface area contributed by atoms with Gasteiger partial charge in [0.2, 0.25) is 0 Å². The Balaban J connectivity index is 2.03. The van der Waals surface area contributed by atoms with Crippen LogP contribution in [0.3, 0.4) is 0 Å². The van der Waals surface area contributed by atoms with Crippen LogP contribution in [0.5, 0.6) is 5.75 Å². The Morgan fingerprint density at radius 3 is 2.52 bits per heavy atom. The lowest BCUT2D eigenvalue weighted by molar-refractivity contribution is -0.121. The number of esters is 1. The molecule has 0 N–H and O–H groups in total. The maximum Gasteiger partial charge on any atom is 0.338 e. The Morgan fingerprint density at radius 1 is 1.20 bits per heavy atom. The Labute approximate surface area is 144 Å². The minimum Gasteiger partial charge on any atom is -0.494 e. The fourth-order valence-electron chi connectivity index (χ4n) is 2.08. The van der Waals surface area contributed by atoms with Gasteiger partial charge in [-0.1, -0.05) is 18.2 Å². The number of benzene rings is 2. The first-order chi connectivity index (χ1) is 12.1. The van der Waals surface area contributed by atoms with Crippen LogP contribution in [0.4, 0.5) is 10.1 Å². The first-order valence-corrected chi connectivity index (χ1v) is 7.30. The summed E-state index contributed by atoms with van der Waals surface area (Å²) in [5, 5.41) is 8.88. The van der Waals surface area contributed by atoms with Gasteiger partial charge in [0.05, 0.1) is 18.7 Å². The summed E-state index contributed by atoms with van der Waals surface area (Å²) in [6.45, 7) is -0.749. The van der Waals surface area contributed by atoms with Gasteiger partial charge in [-0.15, -0.1) is 0 Å². The molecule has 7 heteroatoms. The Morgan fingerprint density at radius 2 is 1.92 bits per heavy atom. The SMILES string of the molecule is COc1ccc(C(=O)OCC(=O)N(CC#N)c2ccccc2)cc1F. The fraction of sp³-hybridized carbons (Fsp3) is 0.167. The van der Waals surface area contributed by atoms with E-state index in [0.29, 0.717) is 5.69 Å². The lowest BCUT2D eigenvalue weighted by Crippen LogP contribution is -2.35. The van der Waals surface area contributed by atoms with Gasteiger partial charge in [-0.2, -0.15) is 5.26 Å². The highest BCUT2D eigenvalue weighted by molar-refractivity contribution is 5.97. The van der Waals surface area contributed by atoms with Gasteiger partial charge in [0.15, 0.2) is 18.2 Å². The van der Waals surface area contributed by atoms with Crippen LogP contribution < -0.4 is 9.64 Å². The number of halogens is 1. The highest BCUT2D eigenvalue weighted by Crippen LogP contribution is 2.18. The van der Waals surface area contributed by atoms with Crippen molar-refractivity contribution in [1.29, 1.82) is 5.26 Å². The monoisotopic (exact) mass is 342 g/mol. The molecule has 0 aliphatic carbocycles. The predicted octanol–water partition coefficient (Wildman–Crippen LogP) is 2.55. The van der Waals surface area contributed by atoms with Gasteiger partial charge in [-0.25, -0.2) is 9.18 Å². The summed E-state index contributed by atoms with van der Waals surface area (Å²) in [6, 6.07) is 14.0. The fourth-order valence-corrected chi connectivity index (χ4v) is 2.08. The smallest absolute Gasteiger partial charge is 0.338 e. The molecule has 0 aromatic heterocycles. The van der Waals surface area contributed by atoms with Crippen molar-refractivity contribution < 1.29 is 23.5 Å². The average molecular weight is 342 g/mol. The van der Waals surface area contributed by atoms with E-state index in [1.807, 2.05) is 6.07 Å². The summed E-state index contributed by atoms with van der Waals surface area (Å²) in [7, 11) is 1.31. The molecule has 0 aliphatic heterocycles. The molecule has 0 bridgehead atoms. The number of hydrogen-bond acceptors (Lipinski definition) is 5. The second-order valence-electron chi connectivity index (χ2n) is 4.90. The van der Waals surface area contributed by atoms with E-state index >= 15 is 0 Å². The lowest BCUT2D eigenvalue weighted by Gasteiger charge is -2.19. The van der Waals surface area contributed by atoms with Crippen LogP contribution in [0.2, 0.25) is 0 Å². The number of anilines is 1. The van der Waals surface area contributed by atoms with Gasteiger partial charge in [0.1, 0.15) is 6.54 Å². The zero-order chi connectivity index (χ0) is 18.2. The molecule has 0 saturated heterocycles. The van der Waals surface area contributed by atoms with Gasteiger partial charge < -0.3 is 9.47 Å². The molecular weight excluding hydrogens is 327 g/mol. The number of nitrogens with zero attached hydrogens (tertiary/aromatic N) is 2. The summed E-state index contributed by atoms with van der Waals surface area (Å²) in [5.41, 5.74) is 0.471. The molecule has 0 aliphatic rings. The number of hydrogen-bond donors (Lipinski definition) is 0. The van der Waals surface area contributed by atoms with Crippen molar-refractivity contribution in [2.45, 2.75) is 0 Å². The first kappa shape index (κ1) is 17.9. The molecule has 2 aromatic carbocycles. The van der Waals surface area contributed by atoms with E-state index in [-0.39, 0.29) is 17.9 Å². The average Bonchev–Trinajstić information content (AvgIpc) is 2.64. The van der Waals surface area contributed by atoms with E-state index in [0.717, 1.165) is 6.07 Å². The zero-order valence-electron chi connectivity index (χ0n) is 13.4. The van der Waals surface area contributed by atoms with E-state index in [4.69, 9.17) is 14.7 Å². The minimum atomic E-state index is -0.847. The quantitative estimate of drug-likeness (QED) is 0.595. The summed E-state index contributed by atoms with van der Waals surface area (Å²) in [6.07, 6.45) is 0. The van der Waals surface area contributed by atoms with Crippen LogP contribution in [-0.4, -0.2) is 32.1 Å². The van der Waals surface area contributed by atoms with Crippen molar-refractivity contribution >= 4 is 17.6 Å². The Kier molecular flexibility index (Phi) is 6.07. The number of methoxy groups -OCH3 is 1. The number of carbonyl (C=O) groups excluding carboxylic acids is 2. The molecule has 0 unspecified atom stereocenters. The van der Waals surface area contributed by atoms with Crippen molar-refractivity contribution in [3.63, 3.8) is 0 Å². The van der Waals surface area contributed by atoms with E-state index in [9.17, 15) is 14.0 Å². The molecule has 0 atom stereocenters. The second-order valence-corrected chi connectivity index (χ2v) is 4.90. The Bertz CT molecular complexity index is 802. The van der Waals surface area contributed by atoms with Crippen LogP contribution in [-0.2, 0) is 9.53 Å². The van der Waals surface area contributed by atoms with Crippen LogP contribution in [0.1, 0.15) is 10.4 Å². The topological polar surface area (TPSA) is 79.6 Å². The van der Waals surface area contributed by atoms with Crippen LogP contribution in [0, 0.1) is 17.1 Å². The number of rotatable bonds is 6. The van der Waals surface area contributed by atoms with Gasteiger partial charge in [0.25, 0.3) is 5.91 Å². The number of nitriles is 1. The van der Waals surface area contributed by atoms with E-state index in [1.165, 1.54) is 24.1 Å². The maximum atomic E-state index is 13.6. The zero-order valence-corrected chi connectivity index (χ0v) is 13.4. The van der Waals surface area contributed by atoms with Gasteiger partial charge >= 0.3 is 5.97 Å². The second kappa shape index (κ2) is 8.45. The van der Waals surface area contributed by atoms with E-state index in [2.05, 4.69) is 0 Å². The number of carbonyl (C=O) groups is 2. The van der Waals surface area contributed by atoms with Crippen molar-refractivity contribution in [3.05, 3.63) is 59.9 Å². The van der Waals surface area contributed by atoms with Crippen molar-refractivity contribution in [3.8, 4) is 11.8 Å². The first-order valence-electron chi connectivity index (χ1n) is 7.30. The third-order valence-corrected chi connectivity index (χ3v) is 3.31. The molecule has 25 heavy (non-hydrogen) atoms. The minimum absolute atomic E-state index is 0.00287. The predicted molar refractivity (Wildman–Crippen MR) is 87.6 cm³/mol. The largest absolute Gasteiger partial charge is 0.494 e. The normalized spacial score (nSPS) is 9.80. The maximum absolute atomic E-state index is 13.6. The molecule has 2 aromatic rings. The molecule has 6 nitrogen and oxygen atoms in total. The summed E-state index contributed by atoms with van der Waals surface area (Å²) < 4.78 is 23.3. The molecule has 0 spiro atoms. The van der Waals surface area contributed by atoms with Crippen molar-refractivity contribution in [2.24, 2.45) is 0 Å². The van der Waals surface area contributed by atoms with Gasteiger partial charge in [-0.05, 0) is 30.3 Å². The molecule has 128 valence electrons. The Hall–Kier alpha value is -3.40.